The van der Waals surface area contributed by atoms with Crippen molar-refractivity contribution >= 4 is 12.7 Å². The molecule has 0 saturated heterocycles. The van der Waals surface area contributed by atoms with Gasteiger partial charge in [-0.3, -0.25) is 4.99 Å². The molecule has 0 fully saturated rings. The average Bonchev–Trinajstić information content (AvgIpc) is 2.22. The maximum Gasteiger partial charge on any atom is 0.354 e. The van der Waals surface area contributed by atoms with Crippen molar-refractivity contribution in [2.75, 3.05) is 6.61 Å². The predicted molar refractivity (Wildman–Crippen MR) is 59.9 cm³/mol. The van der Waals surface area contributed by atoms with Gasteiger partial charge in [-0.25, -0.2) is 4.79 Å². The Morgan fingerprint density at radius 2 is 2.27 bits per heavy atom. The molecule has 4 heteroatoms. The van der Waals surface area contributed by atoms with Crippen molar-refractivity contribution in [2.45, 2.75) is 26.7 Å². The van der Waals surface area contributed by atoms with Gasteiger partial charge in [0.25, 0.3) is 0 Å². The van der Waals surface area contributed by atoms with Crippen molar-refractivity contribution in [3.8, 4) is 0 Å². The van der Waals surface area contributed by atoms with E-state index in [2.05, 4.69) is 18.6 Å². The number of aliphatic imine (C=N–C) groups is 1. The van der Waals surface area contributed by atoms with Crippen LogP contribution in [0.15, 0.2) is 28.6 Å². The highest BCUT2D eigenvalue weighted by molar-refractivity contribution is 5.87. The van der Waals surface area contributed by atoms with Crippen molar-refractivity contribution in [1.29, 1.82) is 0 Å². The molecule has 1 N–H and O–H groups in total. The summed E-state index contributed by atoms with van der Waals surface area (Å²) in [6, 6.07) is 0. The molecule has 0 aromatic rings. The highest BCUT2D eigenvalue weighted by Gasteiger charge is 2.05. The normalized spacial score (nSPS) is 12.4. The number of allylic oxidation sites excluding steroid dienone is 2. The molecule has 0 heterocycles. The molecular formula is C11H17NO3. The third-order valence-corrected chi connectivity index (χ3v) is 1.72. The van der Waals surface area contributed by atoms with Gasteiger partial charge in [-0.2, -0.15) is 0 Å². The standard InChI is InChI=1S/C11H17NO3/c1-4-6-7-15-9(5-2)8-10(12-3)11(13)14/h5,8H,3-4,6-7H2,1-2H3,(H,13,14)/b9-5+,10-8-. The summed E-state index contributed by atoms with van der Waals surface area (Å²) in [5, 5.41) is 8.70. The van der Waals surface area contributed by atoms with Crippen LogP contribution in [0.4, 0.5) is 0 Å². The van der Waals surface area contributed by atoms with Crippen LogP contribution in [0, 0.1) is 0 Å². The lowest BCUT2D eigenvalue weighted by Crippen LogP contribution is -2.00. The number of nitrogens with zero attached hydrogens (tertiary/aromatic N) is 1. The Morgan fingerprint density at radius 1 is 1.60 bits per heavy atom. The SMILES string of the molecule is C=N/C(=C\C(=C/C)OCCCC)C(=O)O. The molecule has 4 nitrogen and oxygen atoms in total. The first-order valence-electron chi connectivity index (χ1n) is 4.86. The van der Waals surface area contributed by atoms with Crippen LogP contribution in [-0.4, -0.2) is 24.4 Å². The summed E-state index contributed by atoms with van der Waals surface area (Å²) in [4.78, 5) is 14.0. The van der Waals surface area contributed by atoms with Gasteiger partial charge in [0, 0.05) is 6.08 Å². The van der Waals surface area contributed by atoms with Gasteiger partial charge in [-0.15, -0.1) is 0 Å². The first kappa shape index (κ1) is 13.4. The summed E-state index contributed by atoms with van der Waals surface area (Å²) in [5.41, 5.74) is -0.111. The predicted octanol–water partition coefficient (Wildman–Crippen LogP) is 2.38. The zero-order valence-electron chi connectivity index (χ0n) is 9.19. The smallest absolute Gasteiger partial charge is 0.354 e. The minimum Gasteiger partial charge on any atom is -0.494 e. The Bertz CT molecular complexity index is 280. The Labute approximate surface area is 90.0 Å². The zero-order valence-corrected chi connectivity index (χ0v) is 9.19. The molecule has 0 atom stereocenters. The molecule has 0 aromatic heterocycles. The highest BCUT2D eigenvalue weighted by Crippen LogP contribution is 2.07. The van der Waals surface area contributed by atoms with Gasteiger partial charge in [0.15, 0.2) is 5.70 Å². The summed E-state index contributed by atoms with van der Waals surface area (Å²) in [6.07, 6.45) is 5.04. The number of carboxylic acid groups (broad SMARTS) is 1. The van der Waals surface area contributed by atoms with E-state index in [1.165, 1.54) is 6.08 Å². The Morgan fingerprint density at radius 3 is 2.67 bits per heavy atom. The van der Waals surface area contributed by atoms with E-state index in [4.69, 9.17) is 9.84 Å². The molecule has 0 radical (unpaired) electrons. The monoisotopic (exact) mass is 211 g/mol. The Balaban J connectivity index is 4.42. The second-order valence-electron chi connectivity index (χ2n) is 2.89. The van der Waals surface area contributed by atoms with E-state index in [1.54, 1.807) is 13.0 Å². The summed E-state index contributed by atoms with van der Waals surface area (Å²) in [6.45, 7) is 7.60. The molecule has 0 aliphatic carbocycles. The minimum atomic E-state index is -1.11. The number of rotatable bonds is 7. The molecule has 84 valence electrons. The molecule has 0 bridgehead atoms. The largest absolute Gasteiger partial charge is 0.494 e. The number of aliphatic carboxylic acids is 1. The molecule has 15 heavy (non-hydrogen) atoms. The van der Waals surface area contributed by atoms with Crippen molar-refractivity contribution in [3.05, 3.63) is 23.6 Å². The van der Waals surface area contributed by atoms with Crippen LogP contribution in [0.3, 0.4) is 0 Å². The maximum absolute atomic E-state index is 10.6. The lowest BCUT2D eigenvalue weighted by Gasteiger charge is -2.05. The summed E-state index contributed by atoms with van der Waals surface area (Å²) in [7, 11) is 0. The average molecular weight is 211 g/mol. The van der Waals surface area contributed by atoms with Gasteiger partial charge >= 0.3 is 5.97 Å². The van der Waals surface area contributed by atoms with Gasteiger partial charge in [-0.1, -0.05) is 13.3 Å². The van der Waals surface area contributed by atoms with Gasteiger partial charge in [0.2, 0.25) is 0 Å². The van der Waals surface area contributed by atoms with Crippen molar-refractivity contribution in [3.63, 3.8) is 0 Å². The summed E-state index contributed by atoms with van der Waals surface area (Å²) in [5.74, 6) is -0.600. The summed E-state index contributed by atoms with van der Waals surface area (Å²) < 4.78 is 5.35. The zero-order chi connectivity index (χ0) is 11.7. The van der Waals surface area contributed by atoms with Gasteiger partial charge in [0.05, 0.1) is 6.61 Å². The van der Waals surface area contributed by atoms with E-state index in [-0.39, 0.29) is 5.70 Å². The molecular weight excluding hydrogens is 194 g/mol. The van der Waals surface area contributed by atoms with Crippen molar-refractivity contribution < 1.29 is 14.6 Å². The molecule has 0 amide bonds. The molecule has 0 rings (SSSR count). The van der Waals surface area contributed by atoms with E-state index in [0.29, 0.717) is 12.4 Å². The number of ether oxygens (including phenoxy) is 1. The van der Waals surface area contributed by atoms with E-state index in [1.807, 2.05) is 0 Å². The van der Waals surface area contributed by atoms with Crippen molar-refractivity contribution in [1.82, 2.24) is 0 Å². The minimum absolute atomic E-state index is 0.111. The number of hydrogen-bond acceptors (Lipinski definition) is 3. The third kappa shape index (κ3) is 5.67. The molecule has 0 saturated carbocycles. The quantitative estimate of drug-likeness (QED) is 0.231. The van der Waals surface area contributed by atoms with E-state index in [0.717, 1.165) is 12.8 Å². The third-order valence-electron chi connectivity index (χ3n) is 1.72. The number of unbranched alkanes of at least 4 members (excludes halogenated alkanes) is 1. The van der Waals surface area contributed by atoms with Crippen molar-refractivity contribution in [2.24, 2.45) is 4.99 Å². The fourth-order valence-electron chi connectivity index (χ4n) is 0.852. The van der Waals surface area contributed by atoms with E-state index < -0.39 is 5.97 Å². The fraction of sp³-hybridized carbons (Fsp3) is 0.455. The van der Waals surface area contributed by atoms with Gasteiger partial charge < -0.3 is 9.84 Å². The first-order chi connectivity index (χ1) is 7.15. The van der Waals surface area contributed by atoms with Gasteiger partial charge in [0.1, 0.15) is 5.76 Å². The Kier molecular flexibility index (Phi) is 6.97. The van der Waals surface area contributed by atoms with Crippen LogP contribution in [0.25, 0.3) is 0 Å². The lowest BCUT2D eigenvalue weighted by atomic mass is 10.3. The Hall–Kier alpha value is -1.58. The molecule has 0 aromatic carbocycles. The maximum atomic E-state index is 10.6. The molecule has 0 aliphatic rings. The molecule has 0 spiro atoms. The van der Waals surface area contributed by atoms with Crippen LogP contribution < -0.4 is 0 Å². The van der Waals surface area contributed by atoms with Crippen LogP contribution >= 0.6 is 0 Å². The summed E-state index contributed by atoms with van der Waals surface area (Å²) >= 11 is 0. The van der Waals surface area contributed by atoms with Crippen LogP contribution in [0.5, 0.6) is 0 Å². The first-order valence-corrected chi connectivity index (χ1v) is 4.86. The van der Waals surface area contributed by atoms with E-state index in [9.17, 15) is 4.79 Å². The molecule has 0 aliphatic heterocycles. The fourth-order valence-corrected chi connectivity index (χ4v) is 0.852. The topological polar surface area (TPSA) is 58.9 Å². The number of carboxylic acids is 1. The van der Waals surface area contributed by atoms with E-state index >= 15 is 0 Å². The highest BCUT2D eigenvalue weighted by atomic mass is 16.5. The number of carbonyl (C=O) groups is 1. The van der Waals surface area contributed by atoms with Crippen LogP contribution in [0.1, 0.15) is 26.7 Å². The molecule has 0 unspecified atom stereocenters. The van der Waals surface area contributed by atoms with Gasteiger partial charge in [-0.05, 0) is 26.1 Å². The second kappa shape index (κ2) is 7.79. The lowest BCUT2D eigenvalue weighted by molar-refractivity contribution is -0.132. The van der Waals surface area contributed by atoms with Crippen LogP contribution in [-0.2, 0) is 9.53 Å². The second-order valence-corrected chi connectivity index (χ2v) is 2.89. The van der Waals surface area contributed by atoms with Crippen LogP contribution in [0.2, 0.25) is 0 Å². The number of hydrogen-bond donors (Lipinski definition) is 1.